The van der Waals surface area contributed by atoms with Gasteiger partial charge in [0, 0.05) is 96.3 Å². The fourth-order valence-electron chi connectivity index (χ4n) is 13.5. The lowest BCUT2D eigenvalue weighted by Crippen LogP contribution is -2.59. The summed E-state index contributed by atoms with van der Waals surface area (Å²) in [5.74, 6) is -7.36. The maximum absolute atomic E-state index is 14.9. The predicted molar refractivity (Wildman–Crippen MR) is 390 cm³/mol. The molecule has 0 radical (unpaired) electrons. The molecule has 0 aliphatic carbocycles. The first-order valence-corrected chi connectivity index (χ1v) is 36.6. The fourth-order valence-corrected chi connectivity index (χ4v) is 14.2. The van der Waals surface area contributed by atoms with Crippen LogP contribution in [0.5, 0.6) is 0 Å². The van der Waals surface area contributed by atoms with E-state index in [9.17, 15) is 62.6 Å². The number of benzene rings is 2. The molecule has 10 amide bonds. The van der Waals surface area contributed by atoms with Crippen molar-refractivity contribution in [3.05, 3.63) is 91.0 Å². The van der Waals surface area contributed by atoms with Crippen LogP contribution < -0.4 is 21.7 Å². The van der Waals surface area contributed by atoms with E-state index in [4.69, 9.17) is 19.9 Å². The number of likely N-dealkylation sites (tertiary alicyclic amines) is 1. The first kappa shape index (κ1) is 86.4. The number of nitrogens with zero attached hydrogens (tertiary/aromatic N) is 6. The highest BCUT2D eigenvalue weighted by Crippen LogP contribution is 2.34. The molecule has 12 atom stereocenters. The summed E-state index contributed by atoms with van der Waals surface area (Å²) in [5, 5.41) is 19.2. The number of amides is 10. The van der Waals surface area contributed by atoms with E-state index < -0.39 is 108 Å². The molecule has 2 aromatic carbocycles. The molecule has 102 heavy (non-hydrogen) atoms. The van der Waals surface area contributed by atoms with Crippen LogP contribution in [0.2, 0.25) is 0 Å². The van der Waals surface area contributed by atoms with Gasteiger partial charge in [-0.05, 0) is 90.7 Å². The number of urea groups is 1. The van der Waals surface area contributed by atoms with Crippen molar-refractivity contribution in [1.82, 2.24) is 40.0 Å². The molecular weight excluding hydrogens is 1330 g/mol. The number of carbonyl (C=O) groups is 12. The van der Waals surface area contributed by atoms with Crippen molar-refractivity contribution in [3.63, 3.8) is 0 Å². The maximum atomic E-state index is 14.9. The Morgan fingerprint density at radius 3 is 1.89 bits per heavy atom. The molecule has 27 heteroatoms. The summed E-state index contributed by atoms with van der Waals surface area (Å²) in [5.41, 5.74) is 6.91. The molecule has 0 bridgehead atoms. The summed E-state index contributed by atoms with van der Waals surface area (Å²) >= 11 is 1.16. The van der Waals surface area contributed by atoms with Crippen LogP contribution in [0.1, 0.15) is 151 Å². The molecule has 2 aliphatic rings. The molecule has 26 nitrogen and oxygen atoms in total. The lowest BCUT2D eigenvalue weighted by Gasteiger charge is -2.41. The van der Waals surface area contributed by atoms with Crippen LogP contribution in [0.25, 0.3) is 0 Å². The number of hydrogen-bond donors (Lipinski definition) is 5. The molecule has 566 valence electrons. The van der Waals surface area contributed by atoms with Crippen LogP contribution in [-0.2, 0) is 68.8 Å². The standard InChI is InChI=1S/C75H114N10O16S/c1-17-49(10)69(61(99-15)40-66(93)85-35-24-28-57(85)71(100-16)51(12)58(86)37-50(11)70(94)53-25-21-20-22-26-53)80(13)73(96)56(46(4)5)39-60(88)68(48(8)9)81(14)75(98)101-41-52-29-31-55(32-30-52)78-72(95)54(27-23-34-77-74(76)97)38-59(87)67(47(6)7)79-62(89)42-102-36-33-65(92)84-44-82(63(90)18-2)43-83(45-84)64(91)19-3/h18-22,25-26,29-32,46-51,54,56-57,61,67-71,94H,2-3,17,23-24,27-28,33-45H2,1,4-16H3,(H,78,95)(H,79,89)(H3,76,77,97)/t49-,50-,51-,54?,56-,57-,61+,67-,68-,69-,70+,71+/m0/s1. The van der Waals surface area contributed by atoms with Crippen molar-refractivity contribution in [1.29, 1.82) is 0 Å². The Balaban J connectivity index is 1.37. The van der Waals surface area contributed by atoms with Crippen LogP contribution in [0.15, 0.2) is 79.9 Å². The van der Waals surface area contributed by atoms with Gasteiger partial charge in [-0.3, -0.25) is 47.9 Å². The Kier molecular flexibility index (Phi) is 36.0. The van der Waals surface area contributed by atoms with E-state index >= 15 is 0 Å². The van der Waals surface area contributed by atoms with Crippen molar-refractivity contribution >= 4 is 88.3 Å². The van der Waals surface area contributed by atoms with Crippen LogP contribution in [0, 0.1) is 47.3 Å². The quantitative estimate of drug-likeness (QED) is 0.0313. The van der Waals surface area contributed by atoms with Gasteiger partial charge in [0.2, 0.25) is 41.4 Å². The number of methoxy groups -OCH3 is 2. The Hall–Kier alpha value is -8.01. The normalized spacial score (nSPS) is 17.2. The van der Waals surface area contributed by atoms with Gasteiger partial charge in [0.25, 0.3) is 0 Å². The Labute approximate surface area is 607 Å². The zero-order valence-electron chi connectivity index (χ0n) is 62.4. The lowest BCUT2D eigenvalue weighted by atomic mass is 9.83. The molecule has 0 saturated carbocycles. The minimum Gasteiger partial charge on any atom is -0.445 e. The third-order valence-electron chi connectivity index (χ3n) is 19.6. The largest absolute Gasteiger partial charge is 0.445 e. The molecule has 2 saturated heterocycles. The molecule has 4 rings (SSSR count). The van der Waals surface area contributed by atoms with Gasteiger partial charge in [-0.2, -0.15) is 11.8 Å². The number of nitrogens with two attached hydrogens (primary N) is 1. The summed E-state index contributed by atoms with van der Waals surface area (Å²) < 4.78 is 17.9. The van der Waals surface area contributed by atoms with Gasteiger partial charge in [0.1, 0.15) is 12.4 Å². The molecule has 0 aromatic heterocycles. The number of aliphatic hydroxyl groups excluding tert-OH is 1. The first-order valence-electron chi connectivity index (χ1n) is 35.5. The van der Waals surface area contributed by atoms with Gasteiger partial charge in [0.15, 0.2) is 11.6 Å². The highest BCUT2D eigenvalue weighted by Gasteiger charge is 2.44. The van der Waals surface area contributed by atoms with E-state index in [-0.39, 0.29) is 143 Å². The van der Waals surface area contributed by atoms with Gasteiger partial charge in [-0.25, -0.2) is 9.59 Å². The van der Waals surface area contributed by atoms with Crippen LogP contribution in [-0.4, -0.2) is 215 Å². The maximum Gasteiger partial charge on any atom is 0.410 e. The van der Waals surface area contributed by atoms with Gasteiger partial charge >= 0.3 is 12.1 Å². The highest BCUT2D eigenvalue weighted by atomic mass is 32.2. The first-order chi connectivity index (χ1) is 48.2. The number of aliphatic hydroxyl groups is 1. The Morgan fingerprint density at radius 1 is 0.725 bits per heavy atom. The minimum absolute atomic E-state index is 0.0100. The molecule has 2 aliphatic heterocycles. The van der Waals surface area contributed by atoms with Crippen molar-refractivity contribution < 1.29 is 76.9 Å². The van der Waals surface area contributed by atoms with Gasteiger partial charge in [0.05, 0.1) is 74.7 Å². The Morgan fingerprint density at radius 2 is 1.34 bits per heavy atom. The topological polar surface area (TPSA) is 334 Å². The summed E-state index contributed by atoms with van der Waals surface area (Å²) in [7, 11) is 6.21. The van der Waals surface area contributed by atoms with E-state index in [0.717, 1.165) is 29.5 Å². The van der Waals surface area contributed by atoms with Crippen LogP contribution >= 0.6 is 11.8 Å². The average Bonchev–Trinajstić information content (AvgIpc) is 1.43. The number of thioether (sulfide) groups is 1. The third kappa shape index (κ3) is 25.4. The number of rotatable bonds is 42. The zero-order chi connectivity index (χ0) is 76.2. The third-order valence-corrected chi connectivity index (χ3v) is 20.5. The molecule has 2 fully saturated rings. The van der Waals surface area contributed by atoms with Crippen LogP contribution in [0.3, 0.4) is 0 Å². The molecule has 2 aromatic rings. The van der Waals surface area contributed by atoms with E-state index in [2.05, 4.69) is 29.1 Å². The summed E-state index contributed by atoms with van der Waals surface area (Å²) in [6.45, 7) is 25.7. The second-order valence-corrected chi connectivity index (χ2v) is 29.2. The number of anilines is 1. The van der Waals surface area contributed by atoms with E-state index in [0.29, 0.717) is 37.1 Å². The number of likely N-dealkylation sites (N-methyl/N-ethyl adjacent to an activating group) is 2. The van der Waals surface area contributed by atoms with Gasteiger partial charge < -0.3 is 70.4 Å². The number of nitrogens with one attached hydrogen (secondary N) is 3. The average molecular weight is 1440 g/mol. The molecule has 6 N–H and O–H groups in total. The molecule has 0 spiro atoms. The molecular formula is C75H114N10O16S. The van der Waals surface area contributed by atoms with Crippen molar-refractivity contribution in [2.24, 2.45) is 53.1 Å². The number of ketones is 3. The van der Waals surface area contributed by atoms with E-state index in [1.165, 1.54) is 33.8 Å². The van der Waals surface area contributed by atoms with Crippen molar-refractivity contribution in [2.75, 3.05) is 78.2 Å². The summed E-state index contributed by atoms with van der Waals surface area (Å²) in [6, 6.07) is 12.0. The SMILES string of the molecule is C=CC(=O)N1CN(C(=O)C=C)CN(C(=O)CCSCC(=O)N[C@H](C(=O)CC(CCCNC(N)=O)C(=O)Nc2ccc(COC(=O)N(C)[C@H](C(=O)C[C@H](C(=O)N(C)[C@@H]([C@@H](C)CC)[C@@H](CC(=O)N3CCC[C@H]3[C@H](OC)[C@@H](C)C(=O)C[C@H](C)[C@@H](O)c3ccccc3)OC)C(C)C)C(C)C)cc2)C(C)C)C1. The zero-order valence-corrected chi connectivity index (χ0v) is 63.2. The molecule has 2 heterocycles. The second-order valence-electron chi connectivity index (χ2n) is 28.1. The predicted octanol–water partition coefficient (Wildman–Crippen LogP) is 7.73. The monoisotopic (exact) mass is 1440 g/mol. The summed E-state index contributed by atoms with van der Waals surface area (Å²) in [4.78, 5) is 171. The highest BCUT2D eigenvalue weighted by molar-refractivity contribution is 7.99. The smallest absolute Gasteiger partial charge is 0.410 e. The number of ether oxygens (including phenoxy) is 3. The van der Waals surface area contributed by atoms with Crippen LogP contribution in [0.4, 0.5) is 15.3 Å². The minimum atomic E-state index is -0.982. The summed E-state index contributed by atoms with van der Waals surface area (Å²) in [6.07, 6.45) is 1.22. The van der Waals surface area contributed by atoms with E-state index in [1.807, 2.05) is 71.9 Å². The molecule has 1 unspecified atom stereocenters. The van der Waals surface area contributed by atoms with E-state index in [1.54, 1.807) is 75.9 Å². The van der Waals surface area contributed by atoms with Gasteiger partial charge in [-0.1, -0.05) is 131 Å². The second kappa shape index (κ2) is 42.6. The number of Topliss-reactive ketones (excluding diaryl/α,β-unsaturated/α-hetero) is 3. The van der Waals surface area contributed by atoms with Crippen molar-refractivity contribution in [2.45, 2.75) is 183 Å². The Bertz CT molecular complexity index is 3140. The number of carbonyl (C=O) groups excluding carboxylic acids is 12. The van der Waals surface area contributed by atoms with Crippen molar-refractivity contribution in [3.8, 4) is 0 Å². The number of primary amides is 1. The van der Waals surface area contributed by atoms with Gasteiger partial charge in [-0.15, -0.1) is 0 Å². The number of hydrogen-bond acceptors (Lipinski definition) is 17. The lowest BCUT2D eigenvalue weighted by molar-refractivity contribution is -0.154. The fraction of sp³-hybridized carbons (Fsp3) is 0.627.